The number of nitrogens with two attached hydrogens (primary N) is 1. The van der Waals surface area contributed by atoms with E-state index in [2.05, 4.69) is 31.8 Å². The van der Waals surface area contributed by atoms with Gasteiger partial charge in [0, 0.05) is 83.3 Å². The Morgan fingerprint density at radius 2 is 1.86 bits per heavy atom. The SMILES string of the molecule is CCOC(=O)N1CCCC(N2CCN(c3ncccc3N3CCC(C(C=CN)=NC)CC3)CC2)CC1. The molecule has 3 aliphatic rings. The number of piperazine rings is 1. The van der Waals surface area contributed by atoms with Crippen molar-refractivity contribution in [2.75, 3.05) is 75.8 Å². The second-order valence-corrected chi connectivity index (χ2v) is 9.91. The maximum atomic E-state index is 12.2. The molecule has 0 spiro atoms. The Kier molecular flexibility index (Phi) is 9.44. The first-order chi connectivity index (χ1) is 17.6. The molecule has 1 amide bonds. The van der Waals surface area contributed by atoms with Gasteiger partial charge in [-0.3, -0.25) is 9.89 Å². The Labute approximate surface area is 216 Å². The third-order valence-corrected chi connectivity index (χ3v) is 7.90. The predicted molar refractivity (Wildman–Crippen MR) is 146 cm³/mol. The number of carbonyl (C=O) groups is 1. The molecule has 9 heteroatoms. The number of anilines is 2. The quantitative estimate of drug-likeness (QED) is 0.604. The summed E-state index contributed by atoms with van der Waals surface area (Å²) < 4.78 is 5.22. The summed E-state index contributed by atoms with van der Waals surface area (Å²) in [6.07, 6.45) is 10.6. The van der Waals surface area contributed by atoms with Crippen LogP contribution in [0.4, 0.5) is 16.3 Å². The molecule has 3 fully saturated rings. The number of allylic oxidation sites excluding steroid dienone is 1. The monoisotopic (exact) mass is 497 g/mol. The molecular weight excluding hydrogens is 454 g/mol. The normalized spacial score (nSPS) is 23.2. The van der Waals surface area contributed by atoms with Crippen molar-refractivity contribution in [1.29, 1.82) is 0 Å². The van der Waals surface area contributed by atoms with Crippen molar-refractivity contribution in [3.05, 3.63) is 30.6 Å². The molecule has 36 heavy (non-hydrogen) atoms. The molecule has 0 radical (unpaired) electrons. The van der Waals surface area contributed by atoms with Crippen LogP contribution in [-0.4, -0.2) is 98.6 Å². The maximum absolute atomic E-state index is 12.2. The van der Waals surface area contributed by atoms with Gasteiger partial charge in [-0.05, 0) is 63.4 Å². The van der Waals surface area contributed by atoms with E-state index in [1.807, 2.05) is 31.1 Å². The molecule has 1 atom stereocenters. The van der Waals surface area contributed by atoms with Gasteiger partial charge in [0.25, 0.3) is 0 Å². The molecule has 198 valence electrons. The standard InChI is InChI=1S/C27H43N7O2/c1-3-36-27(35)34-14-5-6-23(11-17-34)31-18-20-33(21-19-31)26-25(7-4-13-30-26)32-15-9-22(10-16-32)24(29-2)8-12-28/h4,7-8,12-13,22-23H,3,5-6,9-11,14-21,28H2,1-2H3. The van der Waals surface area contributed by atoms with Crippen LogP contribution in [0.2, 0.25) is 0 Å². The Hall–Kier alpha value is -2.81. The summed E-state index contributed by atoms with van der Waals surface area (Å²) in [5.74, 6) is 1.57. The van der Waals surface area contributed by atoms with Gasteiger partial charge in [-0.1, -0.05) is 0 Å². The summed E-state index contributed by atoms with van der Waals surface area (Å²) in [5.41, 5.74) is 7.96. The molecule has 4 heterocycles. The lowest BCUT2D eigenvalue weighted by Crippen LogP contribution is -2.51. The van der Waals surface area contributed by atoms with Gasteiger partial charge in [0.15, 0.2) is 5.82 Å². The average Bonchev–Trinajstić information content (AvgIpc) is 3.19. The molecule has 1 unspecified atom stereocenters. The smallest absolute Gasteiger partial charge is 0.409 e. The minimum atomic E-state index is -0.163. The molecular formula is C27H43N7O2. The first-order valence-corrected chi connectivity index (χ1v) is 13.6. The van der Waals surface area contributed by atoms with E-state index in [4.69, 9.17) is 15.5 Å². The molecule has 3 aliphatic heterocycles. The minimum absolute atomic E-state index is 0.163. The van der Waals surface area contributed by atoms with Crippen LogP contribution in [0.3, 0.4) is 0 Å². The first kappa shape index (κ1) is 26.3. The Balaban J connectivity index is 1.32. The fourth-order valence-corrected chi connectivity index (χ4v) is 5.93. The molecule has 9 nitrogen and oxygen atoms in total. The highest BCUT2D eigenvalue weighted by Crippen LogP contribution is 2.32. The number of aliphatic imine (C=N–C) groups is 1. The number of carbonyl (C=O) groups excluding carboxylic acids is 1. The van der Waals surface area contributed by atoms with Gasteiger partial charge in [-0.25, -0.2) is 9.78 Å². The van der Waals surface area contributed by atoms with Crippen molar-refractivity contribution < 1.29 is 9.53 Å². The van der Waals surface area contributed by atoms with Gasteiger partial charge in [-0.15, -0.1) is 0 Å². The third kappa shape index (κ3) is 6.30. The average molecular weight is 498 g/mol. The zero-order chi connectivity index (χ0) is 25.3. The number of ether oxygens (including phenoxy) is 1. The topological polar surface area (TPSA) is 90.5 Å². The van der Waals surface area contributed by atoms with Crippen molar-refractivity contribution in [2.45, 2.75) is 45.1 Å². The number of likely N-dealkylation sites (tertiary alicyclic amines) is 1. The largest absolute Gasteiger partial charge is 0.450 e. The number of aromatic nitrogens is 1. The highest BCUT2D eigenvalue weighted by molar-refractivity contribution is 5.96. The van der Waals surface area contributed by atoms with Crippen LogP contribution in [-0.2, 0) is 4.74 Å². The maximum Gasteiger partial charge on any atom is 0.409 e. The predicted octanol–water partition coefficient (Wildman–Crippen LogP) is 2.97. The molecule has 3 saturated heterocycles. The fraction of sp³-hybridized carbons (Fsp3) is 0.667. The Bertz CT molecular complexity index is 905. The van der Waals surface area contributed by atoms with Crippen LogP contribution in [0.25, 0.3) is 0 Å². The van der Waals surface area contributed by atoms with Crippen LogP contribution in [0.5, 0.6) is 0 Å². The lowest BCUT2D eigenvalue weighted by molar-refractivity contribution is 0.106. The number of amides is 1. The van der Waals surface area contributed by atoms with E-state index < -0.39 is 0 Å². The second-order valence-electron chi connectivity index (χ2n) is 9.91. The van der Waals surface area contributed by atoms with E-state index in [0.717, 1.165) is 96.0 Å². The van der Waals surface area contributed by atoms with Crippen LogP contribution >= 0.6 is 0 Å². The van der Waals surface area contributed by atoms with Gasteiger partial charge in [0.05, 0.1) is 12.3 Å². The molecule has 2 N–H and O–H groups in total. The van der Waals surface area contributed by atoms with Gasteiger partial charge >= 0.3 is 6.09 Å². The Morgan fingerprint density at radius 1 is 1.08 bits per heavy atom. The minimum Gasteiger partial charge on any atom is -0.450 e. The summed E-state index contributed by atoms with van der Waals surface area (Å²) in [6, 6.07) is 4.81. The van der Waals surface area contributed by atoms with Gasteiger partial charge in [0.2, 0.25) is 0 Å². The molecule has 4 rings (SSSR count). The van der Waals surface area contributed by atoms with Crippen molar-refractivity contribution in [3.8, 4) is 0 Å². The number of hydrogen-bond donors (Lipinski definition) is 1. The Morgan fingerprint density at radius 3 is 2.56 bits per heavy atom. The van der Waals surface area contributed by atoms with Gasteiger partial charge < -0.3 is 25.2 Å². The van der Waals surface area contributed by atoms with Crippen molar-refractivity contribution in [3.63, 3.8) is 0 Å². The van der Waals surface area contributed by atoms with E-state index >= 15 is 0 Å². The summed E-state index contributed by atoms with van der Waals surface area (Å²) in [5, 5.41) is 0. The first-order valence-electron chi connectivity index (χ1n) is 13.6. The molecule has 0 saturated carbocycles. The second kappa shape index (κ2) is 12.9. The summed E-state index contributed by atoms with van der Waals surface area (Å²) in [7, 11) is 1.85. The summed E-state index contributed by atoms with van der Waals surface area (Å²) in [6.45, 7) is 9.92. The fourth-order valence-electron chi connectivity index (χ4n) is 5.93. The molecule has 0 bridgehead atoms. The lowest BCUT2D eigenvalue weighted by atomic mass is 9.91. The van der Waals surface area contributed by atoms with Crippen molar-refractivity contribution >= 4 is 23.3 Å². The van der Waals surface area contributed by atoms with E-state index in [1.165, 1.54) is 5.69 Å². The number of hydrogen-bond acceptors (Lipinski definition) is 8. The molecule has 0 aromatic carbocycles. The number of rotatable bonds is 6. The number of pyridine rings is 1. The van der Waals surface area contributed by atoms with E-state index in [0.29, 0.717) is 18.6 Å². The zero-order valence-corrected chi connectivity index (χ0v) is 22.0. The van der Waals surface area contributed by atoms with E-state index in [9.17, 15) is 4.79 Å². The third-order valence-electron chi connectivity index (χ3n) is 7.90. The lowest BCUT2D eigenvalue weighted by Gasteiger charge is -2.41. The zero-order valence-electron chi connectivity index (χ0n) is 22.0. The highest BCUT2D eigenvalue weighted by atomic mass is 16.6. The van der Waals surface area contributed by atoms with Gasteiger partial charge in [0.1, 0.15) is 0 Å². The molecule has 1 aromatic rings. The molecule has 1 aromatic heterocycles. The summed E-state index contributed by atoms with van der Waals surface area (Å²) >= 11 is 0. The van der Waals surface area contributed by atoms with Gasteiger partial charge in [-0.2, -0.15) is 0 Å². The summed E-state index contributed by atoms with van der Waals surface area (Å²) in [4.78, 5) is 30.9. The van der Waals surface area contributed by atoms with E-state index in [1.54, 1.807) is 6.20 Å². The van der Waals surface area contributed by atoms with E-state index in [-0.39, 0.29) is 6.09 Å². The van der Waals surface area contributed by atoms with Crippen LogP contribution in [0.15, 0.2) is 35.6 Å². The van der Waals surface area contributed by atoms with Crippen LogP contribution in [0.1, 0.15) is 39.0 Å². The molecule has 0 aliphatic carbocycles. The highest BCUT2D eigenvalue weighted by Gasteiger charge is 2.30. The number of nitrogens with zero attached hydrogens (tertiary/aromatic N) is 6. The van der Waals surface area contributed by atoms with Crippen LogP contribution < -0.4 is 15.5 Å². The van der Waals surface area contributed by atoms with Crippen molar-refractivity contribution in [1.82, 2.24) is 14.8 Å². The van der Waals surface area contributed by atoms with Crippen LogP contribution in [0, 0.1) is 5.92 Å². The van der Waals surface area contributed by atoms with Crippen molar-refractivity contribution in [2.24, 2.45) is 16.6 Å². The number of piperidine rings is 1.